The molecule has 0 atom stereocenters. The van der Waals surface area contributed by atoms with Gasteiger partial charge in [0.05, 0.1) is 5.56 Å². The van der Waals surface area contributed by atoms with E-state index in [1.165, 1.54) is 12.1 Å². The Morgan fingerprint density at radius 3 is 1.97 bits per heavy atom. The molecule has 186 valence electrons. The predicted molar refractivity (Wildman–Crippen MR) is 130 cm³/mol. The summed E-state index contributed by atoms with van der Waals surface area (Å²) in [6.07, 6.45) is -3.63. The number of benzene rings is 2. The number of carbonyl (C=O) groups is 2. The lowest BCUT2D eigenvalue weighted by Crippen LogP contribution is -2.39. The quantitative estimate of drug-likeness (QED) is 0.498. The van der Waals surface area contributed by atoms with Gasteiger partial charge in [-0.05, 0) is 54.4 Å². The number of nitrogens with one attached hydrogen (secondary N) is 2. The molecular formula is C25H33F3N4O2. The van der Waals surface area contributed by atoms with Gasteiger partial charge in [-0.1, -0.05) is 27.7 Å². The highest BCUT2D eigenvalue weighted by atomic mass is 19.4. The van der Waals surface area contributed by atoms with E-state index >= 15 is 0 Å². The van der Waals surface area contributed by atoms with Crippen LogP contribution in [0.5, 0.6) is 0 Å². The number of hydrogen-bond donors (Lipinski definition) is 2. The lowest BCUT2D eigenvalue weighted by Gasteiger charge is -2.31. The molecule has 9 heteroatoms. The maximum Gasteiger partial charge on any atom is 0.416 e. The van der Waals surface area contributed by atoms with E-state index < -0.39 is 23.2 Å². The van der Waals surface area contributed by atoms with Gasteiger partial charge in [0.15, 0.2) is 0 Å². The summed E-state index contributed by atoms with van der Waals surface area (Å²) >= 11 is 0. The minimum absolute atomic E-state index is 0.0393. The average molecular weight is 479 g/mol. The van der Waals surface area contributed by atoms with Crippen LogP contribution in [0.15, 0.2) is 42.5 Å². The Kier molecular flexibility index (Phi) is 8.58. The summed E-state index contributed by atoms with van der Waals surface area (Å²) in [5.41, 5.74) is 1.21. The van der Waals surface area contributed by atoms with Gasteiger partial charge in [0, 0.05) is 49.7 Å². The molecule has 34 heavy (non-hydrogen) atoms. The van der Waals surface area contributed by atoms with Crippen molar-refractivity contribution in [1.29, 1.82) is 0 Å². The smallest absolute Gasteiger partial charge is 0.377 e. The van der Waals surface area contributed by atoms with Gasteiger partial charge in [-0.25, -0.2) is 4.79 Å². The van der Waals surface area contributed by atoms with Gasteiger partial charge in [0.2, 0.25) is 5.91 Å². The molecule has 0 aliphatic heterocycles. The molecule has 0 bridgehead atoms. The third-order valence-corrected chi connectivity index (χ3v) is 5.07. The Balaban J connectivity index is 2.21. The first-order chi connectivity index (χ1) is 15.7. The number of nitrogens with zero attached hydrogens (tertiary/aromatic N) is 2. The Labute approximate surface area is 199 Å². The van der Waals surface area contributed by atoms with E-state index in [1.807, 2.05) is 57.7 Å². The van der Waals surface area contributed by atoms with Crippen molar-refractivity contribution in [3.05, 3.63) is 53.6 Å². The lowest BCUT2D eigenvalue weighted by molar-refractivity contribution is -0.140. The van der Waals surface area contributed by atoms with Crippen molar-refractivity contribution in [1.82, 2.24) is 4.90 Å². The van der Waals surface area contributed by atoms with Crippen LogP contribution >= 0.6 is 0 Å². The van der Waals surface area contributed by atoms with Crippen LogP contribution in [0.2, 0.25) is 0 Å². The van der Waals surface area contributed by atoms with Crippen molar-refractivity contribution in [2.75, 3.05) is 36.2 Å². The highest BCUT2D eigenvalue weighted by Crippen LogP contribution is 2.30. The molecule has 6 nitrogen and oxygen atoms in total. The first kappa shape index (κ1) is 27.0. The average Bonchev–Trinajstić information content (AvgIpc) is 2.71. The van der Waals surface area contributed by atoms with E-state index in [0.29, 0.717) is 18.8 Å². The highest BCUT2D eigenvalue weighted by molar-refractivity contribution is 6.00. The van der Waals surface area contributed by atoms with Crippen LogP contribution in [0.25, 0.3) is 0 Å². The number of halogens is 3. The maximum absolute atomic E-state index is 13.0. The summed E-state index contributed by atoms with van der Waals surface area (Å²) < 4.78 is 38.2. The van der Waals surface area contributed by atoms with Gasteiger partial charge < -0.3 is 20.4 Å². The van der Waals surface area contributed by atoms with Crippen molar-refractivity contribution >= 4 is 29.0 Å². The first-order valence-electron chi connectivity index (χ1n) is 11.1. The Hall–Kier alpha value is -3.23. The van der Waals surface area contributed by atoms with Crippen LogP contribution in [0, 0.1) is 5.41 Å². The van der Waals surface area contributed by atoms with Gasteiger partial charge >= 0.3 is 12.2 Å². The zero-order valence-electron chi connectivity index (χ0n) is 20.5. The molecule has 0 saturated heterocycles. The summed E-state index contributed by atoms with van der Waals surface area (Å²) in [5, 5.41) is 5.25. The fourth-order valence-corrected chi connectivity index (χ4v) is 3.46. The summed E-state index contributed by atoms with van der Waals surface area (Å²) in [5.74, 6) is 0.0393. The van der Waals surface area contributed by atoms with E-state index in [-0.39, 0.29) is 11.6 Å². The lowest BCUT2D eigenvalue weighted by atomic mass is 9.94. The van der Waals surface area contributed by atoms with Crippen molar-refractivity contribution in [2.24, 2.45) is 5.41 Å². The number of amides is 3. The maximum atomic E-state index is 13.0. The van der Waals surface area contributed by atoms with Crippen molar-refractivity contribution in [2.45, 2.75) is 46.8 Å². The van der Waals surface area contributed by atoms with Crippen LogP contribution in [0.1, 0.15) is 45.2 Å². The van der Waals surface area contributed by atoms with Crippen molar-refractivity contribution < 1.29 is 22.8 Å². The molecule has 2 aromatic rings. The van der Waals surface area contributed by atoms with Gasteiger partial charge in [0.25, 0.3) is 0 Å². The van der Waals surface area contributed by atoms with Gasteiger partial charge in [0.1, 0.15) is 0 Å². The first-order valence-corrected chi connectivity index (χ1v) is 11.1. The highest BCUT2D eigenvalue weighted by Gasteiger charge is 2.30. The van der Waals surface area contributed by atoms with Crippen LogP contribution in [-0.2, 0) is 17.5 Å². The number of alkyl halides is 3. The van der Waals surface area contributed by atoms with E-state index in [9.17, 15) is 22.8 Å². The number of anilines is 3. The monoisotopic (exact) mass is 478 g/mol. The molecule has 0 heterocycles. The number of carbonyl (C=O) groups excluding carboxylic acids is 2. The standard InChI is InChI=1S/C25H33F3N4O2/c1-7-14-32(22(33)24(2,3)4)16-17-15-20(12-13-21(17)31(5)6)30-23(34)29-19-10-8-18(9-11-19)25(26,27)28/h8-13,15H,7,14,16H2,1-6H3,(H2,29,30,34). The summed E-state index contributed by atoms with van der Waals surface area (Å²) in [6.45, 7) is 8.65. The molecule has 0 fully saturated rings. The number of hydrogen-bond acceptors (Lipinski definition) is 3. The zero-order chi connectivity index (χ0) is 25.7. The van der Waals surface area contributed by atoms with E-state index in [2.05, 4.69) is 10.6 Å². The molecule has 2 N–H and O–H groups in total. The molecule has 2 rings (SSSR count). The predicted octanol–water partition coefficient (Wildman–Crippen LogP) is 6.20. The van der Waals surface area contributed by atoms with Crippen molar-refractivity contribution in [3.8, 4) is 0 Å². The molecule has 0 spiro atoms. The van der Waals surface area contributed by atoms with Gasteiger partial charge in [-0.15, -0.1) is 0 Å². The molecule has 0 radical (unpaired) electrons. The fraction of sp³-hybridized carbons (Fsp3) is 0.440. The third kappa shape index (κ3) is 7.40. The summed E-state index contributed by atoms with van der Waals surface area (Å²) in [6, 6.07) is 9.03. The number of urea groups is 1. The minimum Gasteiger partial charge on any atom is -0.377 e. The van der Waals surface area contributed by atoms with Crippen LogP contribution in [0.4, 0.5) is 35.0 Å². The number of rotatable bonds is 7. The molecule has 0 aromatic heterocycles. The SMILES string of the molecule is CCCN(Cc1cc(NC(=O)Nc2ccc(C(F)(F)F)cc2)ccc1N(C)C)C(=O)C(C)(C)C. The molecule has 0 unspecified atom stereocenters. The van der Waals surface area contributed by atoms with Crippen LogP contribution < -0.4 is 15.5 Å². The molecular weight excluding hydrogens is 445 g/mol. The van der Waals surface area contributed by atoms with Crippen LogP contribution in [0.3, 0.4) is 0 Å². The molecule has 0 saturated carbocycles. The molecule has 0 aliphatic rings. The Bertz CT molecular complexity index is 997. The van der Waals surface area contributed by atoms with Gasteiger partial charge in [-0.3, -0.25) is 4.79 Å². The normalized spacial score (nSPS) is 11.7. The molecule has 2 aromatic carbocycles. The Morgan fingerprint density at radius 2 is 1.47 bits per heavy atom. The molecule has 3 amide bonds. The minimum atomic E-state index is -4.44. The largest absolute Gasteiger partial charge is 0.416 e. The third-order valence-electron chi connectivity index (χ3n) is 5.07. The second-order valence-corrected chi connectivity index (χ2v) is 9.37. The second kappa shape index (κ2) is 10.8. The summed E-state index contributed by atoms with van der Waals surface area (Å²) in [4.78, 5) is 29.1. The van der Waals surface area contributed by atoms with Crippen LogP contribution in [-0.4, -0.2) is 37.5 Å². The van der Waals surface area contributed by atoms with Gasteiger partial charge in [-0.2, -0.15) is 13.2 Å². The Morgan fingerprint density at radius 1 is 0.912 bits per heavy atom. The summed E-state index contributed by atoms with van der Waals surface area (Å²) in [7, 11) is 3.80. The fourth-order valence-electron chi connectivity index (χ4n) is 3.46. The second-order valence-electron chi connectivity index (χ2n) is 9.37. The van der Waals surface area contributed by atoms with E-state index in [4.69, 9.17) is 0 Å². The zero-order valence-corrected chi connectivity index (χ0v) is 20.5. The molecule has 0 aliphatic carbocycles. The van der Waals surface area contributed by atoms with Crippen molar-refractivity contribution in [3.63, 3.8) is 0 Å². The van der Waals surface area contributed by atoms with E-state index in [1.54, 1.807) is 12.1 Å². The van der Waals surface area contributed by atoms with E-state index in [0.717, 1.165) is 29.8 Å². The topological polar surface area (TPSA) is 64.7 Å².